The van der Waals surface area contributed by atoms with Crippen LogP contribution in [0.15, 0.2) is 18.2 Å². The number of ether oxygens (including phenoxy) is 1. The van der Waals surface area contributed by atoms with Crippen molar-refractivity contribution in [2.24, 2.45) is 5.92 Å². The molecule has 1 fully saturated rings. The number of Topliss-reactive ketones (excluding diaryl/α,β-unsaturated/α-hetero) is 1. The molecule has 2 heterocycles. The number of carbonyl (C=O) groups is 1. The number of aromatic hydroxyl groups is 1. The lowest BCUT2D eigenvalue weighted by atomic mass is 10.0. The second-order valence-electron chi connectivity index (χ2n) is 7.04. The Bertz CT molecular complexity index is 905. The molecule has 5 heteroatoms. The number of methoxy groups -OCH3 is 1. The van der Waals surface area contributed by atoms with E-state index in [1.807, 2.05) is 0 Å². The summed E-state index contributed by atoms with van der Waals surface area (Å²) < 4.78 is 5.24. The quantitative estimate of drug-likeness (QED) is 0.497. The Morgan fingerprint density at radius 3 is 2.92 bits per heavy atom. The maximum atomic E-state index is 12.0. The number of ketones is 1. The van der Waals surface area contributed by atoms with Crippen molar-refractivity contribution in [3.63, 3.8) is 0 Å². The first-order chi connectivity index (χ1) is 12.6. The molecule has 4 nitrogen and oxygen atoms in total. The number of thiophene rings is 1. The third kappa shape index (κ3) is 3.23. The van der Waals surface area contributed by atoms with E-state index in [2.05, 4.69) is 16.9 Å². The number of phenols is 1. The molecule has 0 radical (unpaired) electrons. The van der Waals surface area contributed by atoms with Crippen LogP contribution in [0.5, 0.6) is 11.5 Å². The monoisotopic (exact) mass is 367 g/mol. The molecule has 1 aliphatic heterocycles. The number of hydrogen-bond donors (Lipinski definition) is 1. The van der Waals surface area contributed by atoms with Crippen molar-refractivity contribution in [2.45, 2.75) is 25.8 Å². The molecule has 134 valence electrons. The summed E-state index contributed by atoms with van der Waals surface area (Å²) in [7, 11) is 1.47. The fourth-order valence-electron chi connectivity index (χ4n) is 3.51. The predicted molar refractivity (Wildman–Crippen MR) is 103 cm³/mol. The summed E-state index contributed by atoms with van der Waals surface area (Å²) in [6.45, 7) is 3.31. The first-order valence-electron chi connectivity index (χ1n) is 8.85. The summed E-state index contributed by atoms with van der Waals surface area (Å²) in [5, 5.41) is 10.2. The second-order valence-corrected chi connectivity index (χ2v) is 8.17. The van der Waals surface area contributed by atoms with Gasteiger partial charge in [0.05, 0.1) is 12.7 Å². The van der Waals surface area contributed by atoms with Crippen molar-refractivity contribution in [2.75, 3.05) is 20.2 Å². The van der Waals surface area contributed by atoms with Gasteiger partial charge in [0, 0.05) is 29.4 Å². The molecule has 1 N–H and O–H groups in total. The lowest BCUT2D eigenvalue weighted by Gasteiger charge is -2.26. The number of phenolic OH excluding ortho intramolecular Hbond substituents is 1. The van der Waals surface area contributed by atoms with Gasteiger partial charge in [0.15, 0.2) is 11.5 Å². The standard InChI is InChI=1S/C21H21NO3S/c1-3-17(23)16-8-14(9-18(25-2)21(16)24)20-10-15-12-22(11-13-4-5-13)7-6-19(15)26-20/h1,8-10,13,24H,4-7,11-12H2,2H3. The van der Waals surface area contributed by atoms with Gasteiger partial charge in [-0.25, -0.2) is 0 Å². The molecular weight excluding hydrogens is 346 g/mol. The van der Waals surface area contributed by atoms with Gasteiger partial charge in [0.25, 0.3) is 0 Å². The van der Waals surface area contributed by atoms with Gasteiger partial charge >= 0.3 is 0 Å². The van der Waals surface area contributed by atoms with Crippen LogP contribution in [0, 0.1) is 18.3 Å². The van der Waals surface area contributed by atoms with Crippen LogP contribution in [0.25, 0.3) is 10.4 Å². The van der Waals surface area contributed by atoms with Crippen LogP contribution < -0.4 is 4.74 Å². The number of fused-ring (bicyclic) bond motifs is 1. The van der Waals surface area contributed by atoms with Crippen molar-refractivity contribution >= 4 is 17.1 Å². The van der Waals surface area contributed by atoms with E-state index < -0.39 is 5.78 Å². The van der Waals surface area contributed by atoms with Gasteiger partial charge < -0.3 is 9.84 Å². The Labute approximate surface area is 157 Å². The topological polar surface area (TPSA) is 49.8 Å². The summed E-state index contributed by atoms with van der Waals surface area (Å²) in [4.78, 5) is 17.0. The van der Waals surface area contributed by atoms with E-state index in [1.165, 1.54) is 36.9 Å². The normalized spacial score (nSPS) is 16.8. The summed E-state index contributed by atoms with van der Waals surface area (Å²) in [5.41, 5.74) is 2.34. The zero-order valence-electron chi connectivity index (χ0n) is 14.7. The summed E-state index contributed by atoms with van der Waals surface area (Å²) >= 11 is 1.75. The molecule has 2 aromatic rings. The molecule has 0 bridgehead atoms. The maximum Gasteiger partial charge on any atom is 0.239 e. The second kappa shape index (κ2) is 6.79. The molecule has 1 aromatic carbocycles. The third-order valence-electron chi connectivity index (χ3n) is 5.11. The van der Waals surface area contributed by atoms with Gasteiger partial charge in [-0.15, -0.1) is 17.8 Å². The maximum absolute atomic E-state index is 12.0. The number of benzene rings is 1. The smallest absolute Gasteiger partial charge is 0.239 e. The Balaban J connectivity index is 1.67. The van der Waals surface area contributed by atoms with Gasteiger partial charge in [-0.1, -0.05) is 0 Å². The molecule has 1 aromatic heterocycles. The molecule has 0 atom stereocenters. The molecule has 1 aliphatic carbocycles. The lowest BCUT2D eigenvalue weighted by Crippen LogP contribution is -2.31. The fraction of sp³-hybridized carbons (Fsp3) is 0.381. The summed E-state index contributed by atoms with van der Waals surface area (Å²) in [6.07, 6.45) is 9.05. The number of hydrogen-bond acceptors (Lipinski definition) is 5. The molecule has 26 heavy (non-hydrogen) atoms. The van der Waals surface area contributed by atoms with Gasteiger partial charge in [0.2, 0.25) is 5.78 Å². The minimum absolute atomic E-state index is 0.114. The molecule has 1 saturated carbocycles. The van der Waals surface area contributed by atoms with Gasteiger partial charge in [-0.3, -0.25) is 9.69 Å². The van der Waals surface area contributed by atoms with E-state index in [-0.39, 0.29) is 17.1 Å². The zero-order chi connectivity index (χ0) is 18.3. The van der Waals surface area contributed by atoms with Crippen molar-refractivity contribution in [3.05, 3.63) is 34.2 Å². The Morgan fingerprint density at radius 1 is 1.42 bits per heavy atom. The number of terminal acetylenes is 1. The van der Waals surface area contributed by atoms with Crippen LogP contribution in [-0.2, 0) is 13.0 Å². The molecule has 2 aliphatic rings. The van der Waals surface area contributed by atoms with Crippen LogP contribution in [0.1, 0.15) is 33.6 Å². The predicted octanol–water partition coefficient (Wildman–Crippen LogP) is 3.71. The first kappa shape index (κ1) is 17.1. The van der Waals surface area contributed by atoms with Gasteiger partial charge in [-0.2, -0.15) is 0 Å². The highest BCUT2D eigenvalue weighted by molar-refractivity contribution is 7.15. The fourth-order valence-corrected chi connectivity index (χ4v) is 4.66. The largest absolute Gasteiger partial charge is 0.504 e. The highest BCUT2D eigenvalue weighted by atomic mass is 32.1. The molecule has 0 saturated heterocycles. The minimum Gasteiger partial charge on any atom is -0.504 e. The average molecular weight is 367 g/mol. The van der Waals surface area contributed by atoms with Crippen molar-refractivity contribution in [3.8, 4) is 34.3 Å². The van der Waals surface area contributed by atoms with E-state index in [1.54, 1.807) is 23.5 Å². The third-order valence-corrected chi connectivity index (χ3v) is 6.40. The summed E-state index contributed by atoms with van der Waals surface area (Å²) in [6, 6.07) is 5.64. The molecule has 0 unspecified atom stereocenters. The van der Waals surface area contributed by atoms with Crippen molar-refractivity contribution in [1.29, 1.82) is 0 Å². The molecule has 0 spiro atoms. The minimum atomic E-state index is -0.542. The number of carbonyl (C=O) groups excluding carboxylic acids is 1. The van der Waals surface area contributed by atoms with Crippen LogP contribution in [0.2, 0.25) is 0 Å². The molecular formula is C21H21NO3S. The Morgan fingerprint density at radius 2 is 2.23 bits per heavy atom. The van der Waals surface area contributed by atoms with E-state index in [9.17, 15) is 9.90 Å². The van der Waals surface area contributed by atoms with Gasteiger partial charge in [0.1, 0.15) is 0 Å². The first-order valence-corrected chi connectivity index (χ1v) is 9.67. The van der Waals surface area contributed by atoms with Crippen molar-refractivity contribution in [1.82, 2.24) is 4.90 Å². The summed E-state index contributed by atoms with van der Waals surface area (Å²) in [5.74, 6) is 2.50. The van der Waals surface area contributed by atoms with E-state index in [4.69, 9.17) is 11.2 Å². The number of nitrogens with zero attached hydrogens (tertiary/aromatic N) is 1. The van der Waals surface area contributed by atoms with Crippen LogP contribution in [0.3, 0.4) is 0 Å². The van der Waals surface area contributed by atoms with Gasteiger partial charge in [-0.05, 0) is 60.4 Å². The lowest BCUT2D eigenvalue weighted by molar-refractivity contribution is 0.105. The SMILES string of the molecule is C#CC(=O)c1cc(-c2cc3c(s2)CCN(CC2CC2)C3)cc(OC)c1O. The Hall–Kier alpha value is -2.29. The average Bonchev–Trinajstić information content (AvgIpc) is 3.36. The molecule has 4 rings (SSSR count). The highest BCUT2D eigenvalue weighted by Crippen LogP contribution is 2.41. The van der Waals surface area contributed by atoms with Crippen LogP contribution in [0.4, 0.5) is 0 Å². The van der Waals surface area contributed by atoms with Crippen LogP contribution >= 0.6 is 11.3 Å². The Kier molecular flexibility index (Phi) is 4.47. The highest BCUT2D eigenvalue weighted by Gasteiger charge is 2.27. The van der Waals surface area contributed by atoms with E-state index >= 15 is 0 Å². The van der Waals surface area contributed by atoms with Crippen molar-refractivity contribution < 1.29 is 14.6 Å². The number of rotatable bonds is 5. The molecule has 0 amide bonds. The van der Waals surface area contributed by atoms with E-state index in [0.717, 1.165) is 35.9 Å². The van der Waals surface area contributed by atoms with E-state index in [0.29, 0.717) is 0 Å². The van der Waals surface area contributed by atoms with Crippen LogP contribution in [-0.4, -0.2) is 36.0 Å². The zero-order valence-corrected chi connectivity index (χ0v) is 15.6.